The fourth-order valence-corrected chi connectivity index (χ4v) is 11.3. The van der Waals surface area contributed by atoms with Gasteiger partial charge in [-0.1, -0.05) is 55.4 Å². The number of β-amino-alcohol motifs (C(OH)–C–C–N with tert-alkyl or cyclic N) is 1. The second-order valence-corrected chi connectivity index (χ2v) is 19.4. The molecule has 0 radical (unpaired) electrons. The molecule has 63 heavy (non-hydrogen) atoms. The van der Waals surface area contributed by atoms with Gasteiger partial charge in [0.05, 0.1) is 33.9 Å². The molecule has 9 rings (SSSR count). The topological polar surface area (TPSA) is 178 Å². The Morgan fingerprint density at radius 1 is 1.00 bits per heavy atom. The third kappa shape index (κ3) is 8.68. The van der Waals surface area contributed by atoms with E-state index in [2.05, 4.69) is 30.6 Å². The van der Waals surface area contributed by atoms with Gasteiger partial charge >= 0.3 is 0 Å². The van der Waals surface area contributed by atoms with Crippen molar-refractivity contribution < 1.29 is 29.1 Å². The molecule has 1 aliphatic carbocycles. The molecule has 0 unspecified atom stereocenters. The first-order valence-electron chi connectivity index (χ1n) is 21.8. The molecule has 6 heterocycles. The average molecular weight is 889 g/mol. The van der Waals surface area contributed by atoms with Gasteiger partial charge in [-0.05, 0) is 73.9 Å². The summed E-state index contributed by atoms with van der Waals surface area (Å²) in [6, 6.07) is 17.9. The molecule has 2 saturated heterocycles. The Morgan fingerprint density at radius 2 is 1.78 bits per heavy atom. The molecule has 4 aromatic heterocycles. The molecule has 2 aliphatic heterocycles. The largest absolute Gasteiger partial charge is 0.507 e. The Kier molecular flexibility index (Phi) is 12.0. The van der Waals surface area contributed by atoms with Crippen molar-refractivity contribution in [3.8, 4) is 27.4 Å². The molecule has 2 aromatic carbocycles. The number of rotatable bonds is 11. The van der Waals surface area contributed by atoms with E-state index >= 15 is 0 Å². The maximum Gasteiger partial charge on any atom is 0.243 e. The number of aliphatic hydroxyl groups excluding tert-OH is 1. The Balaban J connectivity index is 0.798. The number of para-hydroxylation sites is 1. The van der Waals surface area contributed by atoms with Crippen LogP contribution >= 0.6 is 22.7 Å². The van der Waals surface area contributed by atoms with Crippen molar-refractivity contribution in [3.05, 3.63) is 93.6 Å². The van der Waals surface area contributed by atoms with Gasteiger partial charge in [-0.2, -0.15) is 0 Å². The fraction of sp³-hybridized carbons (Fsp3) is 0.426. The number of carbonyl (C=O) groups is 3. The Hall–Kier alpha value is -5.71. The third-order valence-electron chi connectivity index (χ3n) is 13.0. The van der Waals surface area contributed by atoms with Crippen molar-refractivity contribution in [2.24, 2.45) is 17.8 Å². The molecule has 16 heteroatoms. The summed E-state index contributed by atoms with van der Waals surface area (Å²) in [4.78, 5) is 55.1. The van der Waals surface area contributed by atoms with Crippen LogP contribution in [0.3, 0.4) is 0 Å². The van der Waals surface area contributed by atoms with Gasteiger partial charge in [-0.25, -0.2) is 4.98 Å². The van der Waals surface area contributed by atoms with Gasteiger partial charge in [0.25, 0.3) is 0 Å². The monoisotopic (exact) mass is 888 g/mol. The molecule has 0 bridgehead atoms. The normalized spacial score (nSPS) is 20.0. The maximum atomic E-state index is 14.2. The van der Waals surface area contributed by atoms with E-state index in [1.807, 2.05) is 86.6 Å². The van der Waals surface area contributed by atoms with Crippen LogP contribution in [0.25, 0.3) is 31.9 Å². The number of aryl methyl sites for hydroxylation is 2. The zero-order valence-corrected chi connectivity index (χ0v) is 37.5. The standard InChI is InChI=1S/C47H52N8O6S2/c1-26(2)35(47(60)55-24-32(56)20-39(55)44(58)49-27(3)29-9-11-30(12-10-29)43-28(4)48-25-62-43)21-33-22-42(52-61-33)53-15-17-54(18-16-53)46(59)31-13-14-41-36(19-31)37-23-38(50-51-45(37)63-41)34-7-5-6-8-40(34)57/h5-12,22-23,25-27,31-32,35,39,56-57H,13-21,24H2,1-4H3,(H,49,58)/t27-,31-,32+,35-,39-/m0/s1. The van der Waals surface area contributed by atoms with Gasteiger partial charge in [-0.15, -0.1) is 32.9 Å². The summed E-state index contributed by atoms with van der Waals surface area (Å²) in [5, 5.41) is 38.5. The number of nitrogens with one attached hydrogen (secondary N) is 1. The van der Waals surface area contributed by atoms with Crippen LogP contribution in [0, 0.1) is 24.7 Å². The number of carbonyl (C=O) groups excluding carboxylic acids is 3. The molecule has 328 valence electrons. The van der Waals surface area contributed by atoms with Gasteiger partial charge in [-0.3, -0.25) is 14.4 Å². The predicted octanol–water partition coefficient (Wildman–Crippen LogP) is 6.59. The number of likely N-dealkylation sites (tertiary alicyclic amines) is 1. The van der Waals surface area contributed by atoms with Gasteiger partial charge in [0.15, 0.2) is 5.82 Å². The third-order valence-corrected chi connectivity index (χ3v) is 15.2. The number of aliphatic hydroxyl groups is 1. The summed E-state index contributed by atoms with van der Waals surface area (Å²) >= 11 is 3.23. The lowest BCUT2D eigenvalue weighted by Crippen LogP contribution is -2.51. The van der Waals surface area contributed by atoms with E-state index in [-0.39, 0.29) is 54.3 Å². The number of benzene rings is 2. The summed E-state index contributed by atoms with van der Waals surface area (Å²) in [5.74, 6) is 0.357. The molecule has 3 aliphatic rings. The molecular formula is C47H52N8O6S2. The Labute approximate surface area is 373 Å². The first kappa shape index (κ1) is 42.6. The predicted molar refractivity (Wildman–Crippen MR) is 242 cm³/mol. The SMILES string of the molecule is Cc1ncsc1-c1ccc([C@H](C)NC(=O)[C@@H]2C[C@@H](O)CN2C(=O)[C@@H](Cc2cc(N3CCN(C(=O)[C@H]4CCc5sc6nnc(-c7ccccc7O)cc6c5C4)CC3)no2)C(C)C)cc1. The zero-order valence-electron chi connectivity index (χ0n) is 35.9. The zero-order chi connectivity index (χ0) is 43.9. The second kappa shape index (κ2) is 17.8. The number of phenols is 1. The van der Waals surface area contributed by atoms with Crippen molar-refractivity contribution >= 4 is 56.4 Å². The summed E-state index contributed by atoms with van der Waals surface area (Å²) in [5.41, 5.74) is 7.22. The molecule has 14 nitrogen and oxygen atoms in total. The van der Waals surface area contributed by atoms with E-state index in [0.717, 1.165) is 50.3 Å². The first-order chi connectivity index (χ1) is 30.4. The molecule has 0 saturated carbocycles. The Bertz CT molecular complexity index is 2630. The molecule has 0 spiro atoms. The van der Waals surface area contributed by atoms with Gasteiger partial charge in [0, 0.05) is 79.3 Å². The minimum absolute atomic E-state index is 0.0724. The molecular weight excluding hydrogens is 837 g/mol. The number of hydrogen-bond acceptors (Lipinski definition) is 13. The summed E-state index contributed by atoms with van der Waals surface area (Å²) in [6.45, 7) is 10.3. The average Bonchev–Trinajstić information content (AvgIpc) is 4.11. The number of thiazole rings is 1. The van der Waals surface area contributed by atoms with Crippen LogP contribution < -0.4 is 10.2 Å². The van der Waals surface area contributed by atoms with E-state index < -0.39 is 18.1 Å². The fourth-order valence-electron chi connectivity index (χ4n) is 9.31. The maximum absolute atomic E-state index is 14.2. The van der Waals surface area contributed by atoms with Crippen molar-refractivity contribution in [1.29, 1.82) is 0 Å². The van der Waals surface area contributed by atoms with Crippen LogP contribution in [0.2, 0.25) is 0 Å². The number of amides is 3. The van der Waals surface area contributed by atoms with Crippen LogP contribution in [-0.4, -0.2) is 103 Å². The highest BCUT2D eigenvalue weighted by Crippen LogP contribution is 2.40. The quantitative estimate of drug-likeness (QED) is 0.128. The molecule has 6 aromatic rings. The lowest BCUT2D eigenvalue weighted by molar-refractivity contribution is -0.143. The highest BCUT2D eigenvalue weighted by Gasteiger charge is 2.42. The van der Waals surface area contributed by atoms with Gasteiger partial charge < -0.3 is 34.8 Å². The van der Waals surface area contributed by atoms with Crippen molar-refractivity contribution in [2.45, 2.75) is 78.0 Å². The highest BCUT2D eigenvalue weighted by molar-refractivity contribution is 7.18. The van der Waals surface area contributed by atoms with Gasteiger partial charge in [0.2, 0.25) is 17.7 Å². The number of aromatic hydroxyl groups is 1. The molecule has 3 N–H and O–H groups in total. The summed E-state index contributed by atoms with van der Waals surface area (Å²) in [6.07, 6.45) is 1.91. The van der Waals surface area contributed by atoms with E-state index in [1.165, 1.54) is 9.78 Å². The van der Waals surface area contributed by atoms with Crippen LogP contribution in [0.5, 0.6) is 5.75 Å². The number of hydrogen-bond donors (Lipinski definition) is 3. The summed E-state index contributed by atoms with van der Waals surface area (Å²) in [7, 11) is 0. The number of nitrogens with zero attached hydrogens (tertiary/aromatic N) is 7. The van der Waals surface area contributed by atoms with Crippen LogP contribution in [0.15, 0.2) is 70.7 Å². The lowest BCUT2D eigenvalue weighted by atomic mass is 9.86. The second-order valence-electron chi connectivity index (χ2n) is 17.4. The smallest absolute Gasteiger partial charge is 0.243 e. The van der Waals surface area contributed by atoms with Gasteiger partial charge in [0.1, 0.15) is 22.4 Å². The number of anilines is 1. The van der Waals surface area contributed by atoms with Crippen molar-refractivity contribution in [1.82, 2.24) is 35.5 Å². The number of fused-ring (bicyclic) bond motifs is 3. The van der Waals surface area contributed by atoms with E-state index in [4.69, 9.17) is 4.52 Å². The highest BCUT2D eigenvalue weighted by atomic mass is 32.1. The molecule has 2 fully saturated rings. The van der Waals surface area contributed by atoms with Crippen molar-refractivity contribution in [2.75, 3.05) is 37.6 Å². The number of aromatic nitrogens is 4. The number of phenolic OH excluding ortho intramolecular Hbond substituents is 1. The minimum Gasteiger partial charge on any atom is -0.507 e. The van der Waals surface area contributed by atoms with E-state index in [9.17, 15) is 24.6 Å². The van der Waals surface area contributed by atoms with Crippen LogP contribution in [0.1, 0.15) is 67.1 Å². The molecule has 3 amide bonds. The van der Waals surface area contributed by atoms with Crippen molar-refractivity contribution in [3.63, 3.8) is 0 Å². The first-order valence-corrected chi connectivity index (χ1v) is 23.5. The summed E-state index contributed by atoms with van der Waals surface area (Å²) < 4.78 is 5.82. The number of piperazine rings is 1. The van der Waals surface area contributed by atoms with E-state index in [1.54, 1.807) is 34.8 Å². The Morgan fingerprint density at radius 3 is 2.51 bits per heavy atom. The number of thiophene rings is 1. The lowest BCUT2D eigenvalue weighted by Gasteiger charge is -2.37. The van der Waals surface area contributed by atoms with Crippen LogP contribution in [0.4, 0.5) is 5.82 Å². The van der Waals surface area contributed by atoms with E-state index in [0.29, 0.717) is 61.9 Å². The molecule has 5 atom stereocenters. The van der Waals surface area contributed by atoms with Crippen LogP contribution in [-0.2, 0) is 33.6 Å². The minimum atomic E-state index is -0.803.